The van der Waals surface area contributed by atoms with Crippen molar-refractivity contribution >= 4 is 17.2 Å². The molecular formula is C23H25F4N3O. The van der Waals surface area contributed by atoms with E-state index in [1.807, 2.05) is 0 Å². The van der Waals surface area contributed by atoms with Crippen molar-refractivity contribution in [3.8, 4) is 11.3 Å². The molecule has 0 saturated heterocycles. The number of carbonyl (C=O) groups is 1. The smallest absolute Gasteiger partial charge is 0.159 e. The number of aryl methyl sites for hydroxylation is 1. The maximum Gasteiger partial charge on any atom is 0.159 e. The lowest BCUT2D eigenvalue weighted by atomic mass is 9.97. The fourth-order valence-electron chi connectivity index (χ4n) is 3.69. The highest BCUT2D eigenvalue weighted by molar-refractivity contribution is 5.91. The number of rotatable bonds is 10. The van der Waals surface area contributed by atoms with Gasteiger partial charge in [-0.2, -0.15) is 0 Å². The van der Waals surface area contributed by atoms with Crippen LogP contribution in [0.15, 0.2) is 36.4 Å². The number of hydrogen-bond donors (Lipinski definition) is 3. The van der Waals surface area contributed by atoms with E-state index in [0.29, 0.717) is 41.5 Å². The minimum atomic E-state index is -1.89. The van der Waals surface area contributed by atoms with Crippen molar-refractivity contribution in [1.82, 2.24) is 15.6 Å². The van der Waals surface area contributed by atoms with Crippen LogP contribution in [0.25, 0.3) is 22.2 Å². The normalized spacial score (nSPS) is 14.5. The van der Waals surface area contributed by atoms with Crippen LogP contribution in [0.3, 0.4) is 0 Å². The number of aldehydes is 1. The van der Waals surface area contributed by atoms with Gasteiger partial charge < -0.3 is 15.1 Å². The molecule has 0 radical (unpaired) electrons. The lowest BCUT2D eigenvalue weighted by Crippen LogP contribution is -2.46. The Morgan fingerprint density at radius 2 is 1.84 bits per heavy atom. The number of benzene rings is 2. The fourth-order valence-corrected chi connectivity index (χ4v) is 3.69. The summed E-state index contributed by atoms with van der Waals surface area (Å²) in [6.07, 6.45) is 1.17. The van der Waals surface area contributed by atoms with Crippen LogP contribution in [0.4, 0.5) is 17.6 Å². The Balaban J connectivity index is 1.93. The third-order valence-electron chi connectivity index (χ3n) is 5.27. The lowest BCUT2D eigenvalue weighted by Gasteiger charge is -2.26. The van der Waals surface area contributed by atoms with E-state index in [1.165, 1.54) is 37.3 Å². The largest absolute Gasteiger partial charge is 0.352 e. The predicted octanol–water partition coefficient (Wildman–Crippen LogP) is 4.64. The van der Waals surface area contributed by atoms with Crippen molar-refractivity contribution in [2.75, 3.05) is 13.6 Å². The summed E-state index contributed by atoms with van der Waals surface area (Å²) >= 11 is 0. The second-order valence-electron chi connectivity index (χ2n) is 7.77. The number of H-pyrrole nitrogens is 1. The van der Waals surface area contributed by atoms with Crippen LogP contribution >= 0.6 is 0 Å². The Morgan fingerprint density at radius 1 is 1.13 bits per heavy atom. The third kappa shape index (κ3) is 5.51. The average Bonchev–Trinajstić information content (AvgIpc) is 3.09. The highest BCUT2D eigenvalue weighted by Gasteiger charge is 2.28. The Bertz CT molecular complexity index is 1050. The van der Waals surface area contributed by atoms with Gasteiger partial charge in [-0.05, 0) is 81.2 Å². The molecule has 0 aliphatic heterocycles. The van der Waals surface area contributed by atoms with Crippen molar-refractivity contribution in [3.63, 3.8) is 0 Å². The van der Waals surface area contributed by atoms with E-state index < -0.39 is 29.3 Å². The van der Waals surface area contributed by atoms with Gasteiger partial charge in [0.2, 0.25) is 0 Å². The number of fused-ring (bicyclic) bond motifs is 1. The van der Waals surface area contributed by atoms with Gasteiger partial charge in [0.25, 0.3) is 0 Å². The van der Waals surface area contributed by atoms with Gasteiger partial charge in [0.15, 0.2) is 5.79 Å². The minimum absolute atomic E-state index is 0.0455. The first-order valence-electron chi connectivity index (χ1n) is 10.1. The minimum Gasteiger partial charge on any atom is -0.352 e. The first-order chi connectivity index (χ1) is 14.7. The topological polar surface area (TPSA) is 56.9 Å². The van der Waals surface area contributed by atoms with Crippen molar-refractivity contribution in [2.24, 2.45) is 0 Å². The highest BCUT2D eigenvalue weighted by Crippen LogP contribution is 2.34. The molecule has 2 aromatic carbocycles. The summed E-state index contributed by atoms with van der Waals surface area (Å²) in [5.74, 6) is -3.83. The van der Waals surface area contributed by atoms with Crippen molar-refractivity contribution in [2.45, 2.75) is 38.0 Å². The van der Waals surface area contributed by atoms with Gasteiger partial charge in [0, 0.05) is 17.1 Å². The first-order valence-corrected chi connectivity index (χ1v) is 10.1. The molecule has 3 aromatic rings. The summed E-state index contributed by atoms with van der Waals surface area (Å²) in [4.78, 5) is 14.2. The maximum absolute atomic E-state index is 15.2. The molecule has 8 heteroatoms. The van der Waals surface area contributed by atoms with Gasteiger partial charge in [-0.3, -0.25) is 5.32 Å². The van der Waals surface area contributed by atoms with Crippen LogP contribution in [0.1, 0.15) is 25.3 Å². The van der Waals surface area contributed by atoms with Crippen LogP contribution in [-0.4, -0.2) is 36.7 Å². The van der Waals surface area contributed by atoms with Crippen LogP contribution in [0.5, 0.6) is 0 Å². The lowest BCUT2D eigenvalue weighted by molar-refractivity contribution is -0.111. The maximum atomic E-state index is 15.2. The zero-order valence-electron chi connectivity index (χ0n) is 17.4. The molecule has 31 heavy (non-hydrogen) atoms. The quantitative estimate of drug-likeness (QED) is 0.247. The molecule has 3 N–H and O–H groups in total. The van der Waals surface area contributed by atoms with Crippen molar-refractivity contribution in [3.05, 3.63) is 59.4 Å². The van der Waals surface area contributed by atoms with Gasteiger partial charge in [-0.25, -0.2) is 17.6 Å². The molecule has 1 heterocycles. The monoisotopic (exact) mass is 435 g/mol. The predicted molar refractivity (Wildman–Crippen MR) is 113 cm³/mol. The van der Waals surface area contributed by atoms with Crippen LogP contribution in [0, 0.1) is 17.5 Å². The Labute approximate surface area is 178 Å². The Kier molecular flexibility index (Phi) is 7.12. The SMILES string of the molecule is CNCCC(C=O)NC(C)(F)CCc1c(-c2ccc(F)cc2)[nH]c2c(F)cc(F)cc12. The van der Waals surface area contributed by atoms with Crippen molar-refractivity contribution in [1.29, 1.82) is 0 Å². The fraction of sp³-hybridized carbons (Fsp3) is 0.348. The standard InChI is InChI=1S/C23H25F4N3O/c1-23(27,30-17(13-31)8-10-28-2)9-7-18-19-11-16(25)12-20(26)22(19)29-21(18)14-3-5-15(24)6-4-14/h3-6,11-13,17,28-30H,7-10H2,1-2H3. The number of halogens is 4. The van der Waals surface area contributed by atoms with Gasteiger partial charge in [-0.1, -0.05) is 0 Å². The van der Waals surface area contributed by atoms with E-state index in [-0.39, 0.29) is 18.4 Å². The number of nitrogens with one attached hydrogen (secondary N) is 3. The van der Waals surface area contributed by atoms with E-state index in [9.17, 15) is 18.0 Å². The highest BCUT2D eigenvalue weighted by atomic mass is 19.2. The van der Waals surface area contributed by atoms with Gasteiger partial charge in [0.05, 0.1) is 11.6 Å². The molecule has 2 atom stereocenters. The first kappa shape index (κ1) is 23.0. The summed E-state index contributed by atoms with van der Waals surface area (Å²) in [6.45, 7) is 1.87. The van der Waals surface area contributed by atoms with Gasteiger partial charge >= 0.3 is 0 Å². The van der Waals surface area contributed by atoms with Crippen LogP contribution < -0.4 is 10.6 Å². The summed E-state index contributed by atoms with van der Waals surface area (Å²) in [6, 6.07) is 6.86. The second-order valence-corrected chi connectivity index (χ2v) is 7.77. The van der Waals surface area contributed by atoms with Crippen LogP contribution in [-0.2, 0) is 11.2 Å². The number of aromatic amines is 1. The van der Waals surface area contributed by atoms with E-state index in [0.717, 1.165) is 6.07 Å². The van der Waals surface area contributed by atoms with E-state index in [1.54, 1.807) is 7.05 Å². The number of hydrogen-bond acceptors (Lipinski definition) is 3. The second kappa shape index (κ2) is 9.62. The molecule has 0 amide bonds. The van der Waals surface area contributed by atoms with Crippen molar-refractivity contribution < 1.29 is 22.4 Å². The van der Waals surface area contributed by atoms with Crippen LogP contribution in [0.2, 0.25) is 0 Å². The van der Waals surface area contributed by atoms with E-state index in [2.05, 4.69) is 15.6 Å². The zero-order chi connectivity index (χ0) is 22.6. The number of carbonyl (C=O) groups excluding carboxylic acids is 1. The zero-order valence-corrected chi connectivity index (χ0v) is 17.4. The molecule has 0 aliphatic carbocycles. The molecule has 0 bridgehead atoms. The molecule has 0 spiro atoms. The molecule has 2 unspecified atom stereocenters. The molecule has 0 aliphatic rings. The number of alkyl halides is 1. The molecule has 1 aromatic heterocycles. The Morgan fingerprint density at radius 3 is 2.48 bits per heavy atom. The van der Waals surface area contributed by atoms with E-state index >= 15 is 4.39 Å². The molecule has 4 nitrogen and oxygen atoms in total. The molecule has 3 rings (SSSR count). The molecule has 0 saturated carbocycles. The summed E-state index contributed by atoms with van der Waals surface area (Å²) in [5, 5.41) is 5.91. The average molecular weight is 435 g/mol. The molecular weight excluding hydrogens is 410 g/mol. The van der Waals surface area contributed by atoms with Gasteiger partial charge in [0.1, 0.15) is 23.7 Å². The molecule has 166 valence electrons. The number of aromatic nitrogens is 1. The summed E-state index contributed by atoms with van der Waals surface area (Å²) in [5.41, 5.74) is 1.66. The van der Waals surface area contributed by atoms with E-state index in [4.69, 9.17) is 0 Å². The molecule has 0 fully saturated rings. The summed E-state index contributed by atoms with van der Waals surface area (Å²) < 4.78 is 56.8. The Hall–Kier alpha value is -2.71. The van der Waals surface area contributed by atoms with Gasteiger partial charge in [-0.15, -0.1) is 0 Å². The third-order valence-corrected chi connectivity index (χ3v) is 5.27. The summed E-state index contributed by atoms with van der Waals surface area (Å²) in [7, 11) is 1.74.